The van der Waals surface area contributed by atoms with Gasteiger partial charge in [0.15, 0.2) is 0 Å². The average Bonchev–Trinajstić information content (AvgIpc) is 2.53. The Morgan fingerprint density at radius 1 is 1.12 bits per heavy atom. The van der Waals surface area contributed by atoms with Gasteiger partial charge >= 0.3 is 7.82 Å². The van der Waals surface area contributed by atoms with Gasteiger partial charge < -0.3 is 14.5 Å². The molecule has 0 heterocycles. The highest BCUT2D eigenvalue weighted by Crippen LogP contribution is 2.38. The van der Waals surface area contributed by atoms with E-state index in [0.717, 1.165) is 16.7 Å². The van der Waals surface area contributed by atoms with Crippen LogP contribution in [0.3, 0.4) is 0 Å². The molecule has 0 amide bonds. The third kappa shape index (κ3) is 5.62. The normalized spacial score (nSPS) is 13.6. The topological polar surface area (TPSA) is 76.0 Å². The Morgan fingerprint density at radius 3 is 2.38 bits per heavy atom. The number of allylic oxidation sites excluding steroid dienone is 2. The molecule has 0 aliphatic heterocycles. The van der Waals surface area contributed by atoms with Crippen LogP contribution in [0.1, 0.15) is 19.4 Å². The van der Waals surface area contributed by atoms with Crippen molar-refractivity contribution in [2.24, 2.45) is 0 Å². The molecular formula is C18H21O5P. The molecule has 0 aliphatic rings. The predicted octanol–water partition coefficient (Wildman–Crippen LogP) is 4.27. The maximum atomic E-state index is 10.9. The van der Waals surface area contributed by atoms with E-state index in [9.17, 15) is 4.57 Å². The highest BCUT2D eigenvalue weighted by atomic mass is 31.2. The number of ether oxygens (including phenoxy) is 1. The largest absolute Gasteiger partial charge is 0.472 e. The van der Waals surface area contributed by atoms with Crippen LogP contribution in [0.4, 0.5) is 0 Å². The SMILES string of the molecule is CC=C(Cc1ccccc1-c1ccccc1)OC(C)OP(=O)(O)O. The monoisotopic (exact) mass is 348 g/mol. The van der Waals surface area contributed by atoms with Crippen LogP contribution in [0.5, 0.6) is 0 Å². The molecule has 0 saturated carbocycles. The summed E-state index contributed by atoms with van der Waals surface area (Å²) in [7, 11) is -4.58. The number of hydrogen-bond donors (Lipinski definition) is 2. The van der Waals surface area contributed by atoms with Crippen LogP contribution in [0.2, 0.25) is 0 Å². The van der Waals surface area contributed by atoms with Crippen molar-refractivity contribution in [1.82, 2.24) is 0 Å². The standard InChI is InChI=1S/C18H21O5P/c1-3-17(22-14(2)23-24(19,20)21)13-16-11-7-8-12-18(16)15-9-5-4-6-10-15/h3-12,14H,13H2,1-2H3,(H2,19,20,21). The highest BCUT2D eigenvalue weighted by Gasteiger charge is 2.20. The Balaban J connectivity index is 2.16. The average molecular weight is 348 g/mol. The zero-order valence-corrected chi connectivity index (χ0v) is 14.5. The van der Waals surface area contributed by atoms with E-state index in [1.54, 1.807) is 6.08 Å². The molecule has 6 heteroatoms. The first-order valence-electron chi connectivity index (χ1n) is 7.58. The van der Waals surface area contributed by atoms with E-state index < -0.39 is 14.1 Å². The molecule has 128 valence electrons. The van der Waals surface area contributed by atoms with Crippen LogP contribution in [0.15, 0.2) is 66.4 Å². The molecule has 2 aromatic carbocycles. The minimum absolute atomic E-state index is 0.496. The molecular weight excluding hydrogens is 327 g/mol. The van der Waals surface area contributed by atoms with Crippen LogP contribution in [-0.2, 0) is 20.2 Å². The maximum Gasteiger partial charge on any atom is 0.472 e. The van der Waals surface area contributed by atoms with Crippen LogP contribution in [-0.4, -0.2) is 16.1 Å². The van der Waals surface area contributed by atoms with Crippen molar-refractivity contribution < 1.29 is 23.6 Å². The summed E-state index contributed by atoms with van der Waals surface area (Å²) >= 11 is 0. The quantitative estimate of drug-likeness (QED) is 0.444. The van der Waals surface area contributed by atoms with Crippen molar-refractivity contribution in [3.05, 3.63) is 72.0 Å². The molecule has 1 atom stereocenters. The second-order valence-electron chi connectivity index (χ2n) is 5.24. The highest BCUT2D eigenvalue weighted by molar-refractivity contribution is 7.46. The van der Waals surface area contributed by atoms with Gasteiger partial charge in [0, 0.05) is 6.42 Å². The molecule has 0 aliphatic carbocycles. The minimum Gasteiger partial charge on any atom is -0.469 e. The summed E-state index contributed by atoms with van der Waals surface area (Å²) in [4.78, 5) is 17.7. The van der Waals surface area contributed by atoms with Gasteiger partial charge in [0.2, 0.25) is 6.29 Å². The van der Waals surface area contributed by atoms with Gasteiger partial charge in [-0.05, 0) is 36.6 Å². The zero-order valence-electron chi connectivity index (χ0n) is 13.6. The first-order chi connectivity index (χ1) is 11.4. The Hall–Kier alpha value is -1.91. The Morgan fingerprint density at radius 2 is 1.75 bits per heavy atom. The van der Waals surface area contributed by atoms with Crippen molar-refractivity contribution in [2.75, 3.05) is 0 Å². The van der Waals surface area contributed by atoms with Crippen LogP contribution in [0.25, 0.3) is 11.1 Å². The molecule has 0 bridgehead atoms. The van der Waals surface area contributed by atoms with E-state index in [-0.39, 0.29) is 0 Å². The van der Waals surface area contributed by atoms with Crippen molar-refractivity contribution in [3.8, 4) is 11.1 Å². The fourth-order valence-corrected chi connectivity index (χ4v) is 2.83. The summed E-state index contributed by atoms with van der Waals surface area (Å²) in [5.41, 5.74) is 3.24. The molecule has 1 unspecified atom stereocenters. The number of hydrogen-bond acceptors (Lipinski definition) is 3. The van der Waals surface area contributed by atoms with E-state index in [1.807, 2.05) is 61.5 Å². The van der Waals surface area contributed by atoms with Gasteiger partial charge in [-0.15, -0.1) is 0 Å². The van der Waals surface area contributed by atoms with E-state index in [0.29, 0.717) is 12.2 Å². The first kappa shape index (κ1) is 18.4. The first-order valence-corrected chi connectivity index (χ1v) is 9.11. The van der Waals surface area contributed by atoms with Crippen molar-refractivity contribution >= 4 is 7.82 Å². The van der Waals surface area contributed by atoms with Crippen LogP contribution >= 0.6 is 7.82 Å². The van der Waals surface area contributed by atoms with Gasteiger partial charge in [0.1, 0.15) is 0 Å². The molecule has 0 spiro atoms. The summed E-state index contributed by atoms with van der Waals surface area (Å²) in [5, 5.41) is 0. The summed E-state index contributed by atoms with van der Waals surface area (Å²) < 4.78 is 20.9. The van der Waals surface area contributed by atoms with Gasteiger partial charge in [-0.3, -0.25) is 0 Å². The van der Waals surface area contributed by atoms with Crippen molar-refractivity contribution in [2.45, 2.75) is 26.6 Å². The molecule has 2 aromatic rings. The van der Waals surface area contributed by atoms with E-state index >= 15 is 0 Å². The fourth-order valence-electron chi connectivity index (χ4n) is 2.40. The van der Waals surface area contributed by atoms with Crippen molar-refractivity contribution in [3.63, 3.8) is 0 Å². The molecule has 24 heavy (non-hydrogen) atoms. The molecule has 0 aromatic heterocycles. The van der Waals surface area contributed by atoms with E-state index in [2.05, 4.69) is 4.52 Å². The fraction of sp³-hybridized carbons (Fsp3) is 0.222. The summed E-state index contributed by atoms with van der Waals surface area (Å²) in [6.45, 7) is 3.26. The Labute approximate surface area is 141 Å². The van der Waals surface area contributed by atoms with Gasteiger partial charge in [-0.1, -0.05) is 54.6 Å². The molecule has 0 radical (unpaired) electrons. The lowest BCUT2D eigenvalue weighted by atomic mass is 9.97. The number of phosphoric acid groups is 1. The van der Waals surface area contributed by atoms with E-state index in [4.69, 9.17) is 14.5 Å². The summed E-state index contributed by atoms with van der Waals surface area (Å²) in [6.07, 6.45) is 1.22. The number of benzene rings is 2. The van der Waals surface area contributed by atoms with E-state index in [1.165, 1.54) is 6.92 Å². The van der Waals surface area contributed by atoms with Gasteiger partial charge in [0.25, 0.3) is 0 Å². The van der Waals surface area contributed by atoms with Crippen LogP contribution < -0.4 is 0 Å². The lowest BCUT2D eigenvalue weighted by Crippen LogP contribution is -2.12. The lowest BCUT2D eigenvalue weighted by molar-refractivity contribution is -0.0473. The van der Waals surface area contributed by atoms with Crippen LogP contribution in [0, 0.1) is 0 Å². The molecule has 2 rings (SSSR count). The summed E-state index contributed by atoms with van der Waals surface area (Å²) in [5.74, 6) is 0.583. The smallest absolute Gasteiger partial charge is 0.469 e. The van der Waals surface area contributed by atoms with Crippen molar-refractivity contribution in [1.29, 1.82) is 0 Å². The molecule has 2 N–H and O–H groups in total. The Kier molecular flexibility index (Phi) is 6.35. The third-order valence-electron chi connectivity index (χ3n) is 3.39. The number of phosphoric ester groups is 1. The predicted molar refractivity (Wildman–Crippen MR) is 93.0 cm³/mol. The second kappa shape index (κ2) is 8.27. The molecule has 0 fully saturated rings. The Bertz CT molecular complexity index is 736. The van der Waals surface area contributed by atoms with Gasteiger partial charge in [0.05, 0.1) is 5.76 Å². The lowest BCUT2D eigenvalue weighted by Gasteiger charge is -2.19. The summed E-state index contributed by atoms with van der Waals surface area (Å²) in [6, 6.07) is 18.0. The third-order valence-corrected chi connectivity index (χ3v) is 3.96. The number of rotatable bonds is 7. The second-order valence-corrected chi connectivity index (χ2v) is 6.43. The molecule has 0 saturated heterocycles. The molecule has 5 nitrogen and oxygen atoms in total. The maximum absolute atomic E-state index is 10.9. The minimum atomic E-state index is -4.58. The zero-order chi connectivity index (χ0) is 17.6. The van der Waals surface area contributed by atoms with Gasteiger partial charge in [-0.25, -0.2) is 9.09 Å². The van der Waals surface area contributed by atoms with Gasteiger partial charge in [-0.2, -0.15) is 0 Å².